The number of ether oxygens (including phenoxy) is 1. The zero-order chi connectivity index (χ0) is 21.4. The van der Waals surface area contributed by atoms with Gasteiger partial charge in [-0.3, -0.25) is 0 Å². The molecular weight excluding hydrogens is 388 g/mol. The lowest BCUT2D eigenvalue weighted by molar-refractivity contribution is 0.340. The summed E-state index contributed by atoms with van der Waals surface area (Å²) in [6.07, 6.45) is 9.63. The summed E-state index contributed by atoms with van der Waals surface area (Å²) >= 11 is 0. The molecule has 0 bridgehead atoms. The van der Waals surface area contributed by atoms with Crippen molar-refractivity contribution in [2.24, 2.45) is 0 Å². The van der Waals surface area contributed by atoms with Gasteiger partial charge in [-0.25, -0.2) is 0 Å². The Bertz CT molecular complexity index is 675. The van der Waals surface area contributed by atoms with Gasteiger partial charge in [-0.1, -0.05) is 59.8 Å². The minimum atomic E-state index is 0. The highest BCUT2D eigenvalue weighted by molar-refractivity contribution is 5.56. The number of rotatable bonds is 16. The first-order chi connectivity index (χ1) is 14.7. The Morgan fingerprint density at radius 3 is 1.68 bits per heavy atom. The van der Waals surface area contributed by atoms with Crippen molar-refractivity contribution in [1.29, 1.82) is 0 Å². The molecule has 1 heterocycles. The van der Waals surface area contributed by atoms with Crippen molar-refractivity contribution in [2.45, 2.75) is 79.6 Å². The summed E-state index contributed by atoms with van der Waals surface area (Å²) in [5, 5.41) is 9.97. The first kappa shape index (κ1) is 26.5. The molecule has 0 spiro atoms. The average molecular weight is 431 g/mol. The Balaban J connectivity index is 0.00000480. The van der Waals surface area contributed by atoms with Crippen LogP contribution in [-0.2, 0) is 0 Å². The molecule has 0 radical (unpaired) electrons. The maximum absolute atomic E-state index is 5.50. The van der Waals surface area contributed by atoms with Gasteiger partial charge in [-0.2, -0.15) is 15.0 Å². The van der Waals surface area contributed by atoms with Crippen LogP contribution in [0.15, 0.2) is 24.3 Å². The second kappa shape index (κ2) is 16.2. The van der Waals surface area contributed by atoms with E-state index in [0.29, 0.717) is 24.5 Å². The van der Waals surface area contributed by atoms with E-state index >= 15 is 0 Å². The molecule has 0 unspecified atom stereocenters. The van der Waals surface area contributed by atoms with E-state index in [1.165, 1.54) is 38.5 Å². The van der Waals surface area contributed by atoms with Crippen molar-refractivity contribution < 1.29 is 4.74 Å². The minimum Gasteiger partial charge on any atom is -0.494 e. The molecule has 0 amide bonds. The summed E-state index contributed by atoms with van der Waals surface area (Å²) in [5.41, 5.74) is 0.910. The number of hydrogen-bond acceptors (Lipinski definition) is 7. The van der Waals surface area contributed by atoms with Crippen LogP contribution in [0, 0.1) is 0 Å². The van der Waals surface area contributed by atoms with Gasteiger partial charge < -0.3 is 20.7 Å². The number of aromatic nitrogens is 3. The van der Waals surface area contributed by atoms with Crippen molar-refractivity contribution in [3.05, 3.63) is 24.3 Å². The molecule has 0 aliphatic rings. The highest BCUT2D eigenvalue weighted by Gasteiger charge is 2.07. The fraction of sp³-hybridized carbons (Fsp3) is 0.625. The predicted octanol–water partition coefficient (Wildman–Crippen LogP) is 6.63. The molecule has 174 valence electrons. The summed E-state index contributed by atoms with van der Waals surface area (Å²) in [6.45, 7) is 8.80. The molecule has 0 aliphatic heterocycles. The standard InChI is InChI=1S/C23H38N6O.CH4/c1-4-7-9-11-17-24-21-27-22(25-18-12-10-8-5-2)29-23(28-21)26-19-13-15-20(16-14-19)30-6-3;/h13-16H,4-12,17-18H2,1-3H3,(H3,24,25,26,27,28,29);1H4. The Morgan fingerprint density at radius 2 is 1.19 bits per heavy atom. The van der Waals surface area contributed by atoms with E-state index in [9.17, 15) is 0 Å². The molecule has 7 heteroatoms. The molecule has 31 heavy (non-hydrogen) atoms. The average Bonchev–Trinajstić information content (AvgIpc) is 2.75. The summed E-state index contributed by atoms with van der Waals surface area (Å²) in [6, 6.07) is 7.80. The summed E-state index contributed by atoms with van der Waals surface area (Å²) < 4.78 is 5.50. The van der Waals surface area contributed by atoms with Crippen LogP contribution in [0.1, 0.15) is 79.6 Å². The quantitative estimate of drug-likeness (QED) is 0.258. The van der Waals surface area contributed by atoms with Gasteiger partial charge in [0.05, 0.1) is 6.61 Å². The van der Waals surface area contributed by atoms with E-state index in [2.05, 4.69) is 44.7 Å². The highest BCUT2D eigenvalue weighted by atomic mass is 16.5. The number of nitrogens with zero attached hydrogens (tertiary/aromatic N) is 3. The zero-order valence-corrected chi connectivity index (χ0v) is 18.8. The predicted molar refractivity (Wildman–Crippen MR) is 133 cm³/mol. The lowest BCUT2D eigenvalue weighted by atomic mass is 10.2. The lowest BCUT2D eigenvalue weighted by Crippen LogP contribution is -2.12. The van der Waals surface area contributed by atoms with E-state index < -0.39 is 0 Å². The number of anilines is 4. The summed E-state index contributed by atoms with van der Waals surface area (Å²) in [5.74, 6) is 2.58. The Morgan fingerprint density at radius 1 is 0.677 bits per heavy atom. The van der Waals surface area contributed by atoms with E-state index in [1.54, 1.807) is 0 Å². The van der Waals surface area contributed by atoms with Gasteiger partial charge in [0.25, 0.3) is 0 Å². The number of unbranched alkanes of at least 4 members (excludes halogenated alkanes) is 6. The van der Waals surface area contributed by atoms with Crippen LogP contribution in [0.4, 0.5) is 23.5 Å². The molecular formula is C24H42N6O. The van der Waals surface area contributed by atoms with Gasteiger partial charge in [0.15, 0.2) is 0 Å². The molecule has 0 atom stereocenters. The number of benzene rings is 1. The van der Waals surface area contributed by atoms with Crippen LogP contribution < -0.4 is 20.7 Å². The number of nitrogens with one attached hydrogen (secondary N) is 3. The minimum absolute atomic E-state index is 0. The Hall–Kier alpha value is -2.57. The second-order valence-electron chi connectivity index (χ2n) is 7.36. The molecule has 1 aromatic carbocycles. The van der Waals surface area contributed by atoms with E-state index in [1.807, 2.05) is 31.2 Å². The van der Waals surface area contributed by atoms with Gasteiger partial charge >= 0.3 is 0 Å². The van der Waals surface area contributed by atoms with E-state index in [0.717, 1.165) is 37.4 Å². The van der Waals surface area contributed by atoms with Crippen LogP contribution in [0.5, 0.6) is 5.75 Å². The zero-order valence-electron chi connectivity index (χ0n) is 18.8. The summed E-state index contributed by atoms with van der Waals surface area (Å²) in [4.78, 5) is 13.6. The first-order valence-electron chi connectivity index (χ1n) is 11.5. The normalized spacial score (nSPS) is 10.3. The van der Waals surface area contributed by atoms with Crippen molar-refractivity contribution in [2.75, 3.05) is 35.6 Å². The maximum Gasteiger partial charge on any atom is 0.233 e. The maximum atomic E-state index is 5.50. The fourth-order valence-corrected chi connectivity index (χ4v) is 3.02. The molecule has 0 aliphatic carbocycles. The monoisotopic (exact) mass is 430 g/mol. The molecule has 3 N–H and O–H groups in total. The molecule has 0 saturated heterocycles. The van der Waals surface area contributed by atoms with Gasteiger partial charge in [0.2, 0.25) is 17.8 Å². The smallest absolute Gasteiger partial charge is 0.233 e. The SMILES string of the molecule is C.CCCCCCNc1nc(NCCCCCC)nc(Nc2ccc(OCC)cc2)n1. The van der Waals surface area contributed by atoms with E-state index in [-0.39, 0.29) is 7.43 Å². The van der Waals surface area contributed by atoms with Crippen LogP contribution >= 0.6 is 0 Å². The first-order valence-corrected chi connectivity index (χ1v) is 11.5. The molecule has 2 aromatic rings. The molecule has 2 rings (SSSR count). The van der Waals surface area contributed by atoms with Crippen molar-refractivity contribution in [3.63, 3.8) is 0 Å². The molecule has 0 fully saturated rings. The Labute approximate surface area is 188 Å². The van der Waals surface area contributed by atoms with Crippen molar-refractivity contribution in [3.8, 4) is 5.75 Å². The van der Waals surface area contributed by atoms with E-state index in [4.69, 9.17) is 4.74 Å². The molecule has 1 aromatic heterocycles. The van der Waals surface area contributed by atoms with Crippen molar-refractivity contribution >= 4 is 23.5 Å². The lowest BCUT2D eigenvalue weighted by Gasteiger charge is -2.12. The van der Waals surface area contributed by atoms with Crippen LogP contribution in [0.3, 0.4) is 0 Å². The highest BCUT2D eigenvalue weighted by Crippen LogP contribution is 2.19. The van der Waals surface area contributed by atoms with Gasteiger partial charge in [0.1, 0.15) is 5.75 Å². The van der Waals surface area contributed by atoms with Gasteiger partial charge in [0, 0.05) is 18.8 Å². The molecule has 7 nitrogen and oxygen atoms in total. The third-order valence-corrected chi connectivity index (χ3v) is 4.68. The fourth-order valence-electron chi connectivity index (χ4n) is 3.02. The number of hydrogen-bond donors (Lipinski definition) is 3. The van der Waals surface area contributed by atoms with Crippen molar-refractivity contribution in [1.82, 2.24) is 15.0 Å². The summed E-state index contributed by atoms with van der Waals surface area (Å²) in [7, 11) is 0. The third kappa shape index (κ3) is 10.9. The van der Waals surface area contributed by atoms with Crippen LogP contribution in [0.25, 0.3) is 0 Å². The topological polar surface area (TPSA) is 84.0 Å². The van der Waals surface area contributed by atoms with Gasteiger partial charge in [-0.15, -0.1) is 0 Å². The second-order valence-corrected chi connectivity index (χ2v) is 7.36. The third-order valence-electron chi connectivity index (χ3n) is 4.68. The Kier molecular flexibility index (Phi) is 13.8. The molecule has 0 saturated carbocycles. The van der Waals surface area contributed by atoms with Gasteiger partial charge in [-0.05, 0) is 44.0 Å². The largest absolute Gasteiger partial charge is 0.494 e. The van der Waals surface area contributed by atoms with Crippen LogP contribution in [-0.4, -0.2) is 34.6 Å². The van der Waals surface area contributed by atoms with Crippen LogP contribution in [0.2, 0.25) is 0 Å².